The second-order valence-electron chi connectivity index (χ2n) is 5.51. The lowest BCUT2D eigenvalue weighted by Gasteiger charge is -2.47. The lowest BCUT2D eigenvalue weighted by atomic mass is 9.82. The molecule has 0 radical (unpaired) electrons. The summed E-state index contributed by atoms with van der Waals surface area (Å²) < 4.78 is 7.59. The Hall–Kier alpha value is -0.190. The third-order valence-corrected chi connectivity index (χ3v) is 6.36. The molecular weight excluding hydrogens is 322 g/mol. The van der Waals surface area contributed by atoms with E-state index in [2.05, 4.69) is 65.2 Å². The van der Waals surface area contributed by atoms with Gasteiger partial charge in [-0.25, -0.2) is 0 Å². The number of hydrogen-bond donors (Lipinski definition) is 1. The molecule has 1 aromatic rings. The first-order valence-electron chi connectivity index (χ1n) is 6.92. The summed E-state index contributed by atoms with van der Waals surface area (Å²) in [4.78, 5) is 0. The normalized spacial score (nSPS) is 33.8. The molecule has 104 valence electrons. The summed E-state index contributed by atoms with van der Waals surface area (Å²) in [5, 5.41) is 4.03. The SMILES string of the molecule is CNC1CC2(CCCSC2C)Oc2cc(Br)ccc21. The minimum Gasteiger partial charge on any atom is -0.486 e. The molecule has 2 aliphatic heterocycles. The van der Waals surface area contributed by atoms with Gasteiger partial charge in [0.2, 0.25) is 0 Å². The maximum atomic E-state index is 6.49. The van der Waals surface area contributed by atoms with Crippen LogP contribution >= 0.6 is 27.7 Å². The van der Waals surface area contributed by atoms with Gasteiger partial charge in [-0.2, -0.15) is 11.8 Å². The molecule has 0 saturated carbocycles. The summed E-state index contributed by atoms with van der Waals surface area (Å²) >= 11 is 5.60. The van der Waals surface area contributed by atoms with Gasteiger partial charge in [0, 0.05) is 27.7 Å². The number of fused-ring (bicyclic) bond motifs is 1. The fourth-order valence-corrected chi connectivity index (χ4v) is 4.82. The maximum Gasteiger partial charge on any atom is 0.126 e. The van der Waals surface area contributed by atoms with Gasteiger partial charge in [0.15, 0.2) is 0 Å². The van der Waals surface area contributed by atoms with Crippen LogP contribution in [0.25, 0.3) is 0 Å². The van der Waals surface area contributed by atoms with Crippen molar-refractivity contribution in [2.24, 2.45) is 0 Å². The molecule has 2 heterocycles. The summed E-state index contributed by atoms with van der Waals surface area (Å²) in [6, 6.07) is 6.79. The van der Waals surface area contributed by atoms with E-state index in [-0.39, 0.29) is 5.60 Å². The van der Waals surface area contributed by atoms with Gasteiger partial charge in [-0.15, -0.1) is 0 Å². The van der Waals surface area contributed by atoms with Crippen molar-refractivity contribution in [1.82, 2.24) is 5.32 Å². The van der Waals surface area contributed by atoms with Crippen LogP contribution in [-0.2, 0) is 0 Å². The third kappa shape index (κ3) is 2.43. The Bertz CT molecular complexity index is 481. The summed E-state index contributed by atoms with van der Waals surface area (Å²) in [5.74, 6) is 2.32. The number of nitrogens with one attached hydrogen (secondary N) is 1. The van der Waals surface area contributed by atoms with Gasteiger partial charge in [-0.1, -0.05) is 22.0 Å². The Morgan fingerprint density at radius 2 is 2.32 bits per heavy atom. The van der Waals surface area contributed by atoms with E-state index in [1.54, 1.807) is 0 Å². The van der Waals surface area contributed by atoms with E-state index in [9.17, 15) is 0 Å². The molecule has 4 heteroatoms. The van der Waals surface area contributed by atoms with Crippen LogP contribution in [0.2, 0.25) is 0 Å². The van der Waals surface area contributed by atoms with Gasteiger partial charge in [-0.05, 0) is 44.7 Å². The minimum absolute atomic E-state index is 0.00435. The smallest absolute Gasteiger partial charge is 0.126 e. The van der Waals surface area contributed by atoms with Gasteiger partial charge in [0.25, 0.3) is 0 Å². The number of ether oxygens (including phenoxy) is 1. The van der Waals surface area contributed by atoms with Gasteiger partial charge >= 0.3 is 0 Å². The van der Waals surface area contributed by atoms with Crippen molar-refractivity contribution in [3.63, 3.8) is 0 Å². The zero-order valence-electron chi connectivity index (χ0n) is 11.4. The summed E-state index contributed by atoms with van der Waals surface area (Å²) in [6.45, 7) is 2.32. The van der Waals surface area contributed by atoms with Crippen molar-refractivity contribution in [1.29, 1.82) is 0 Å². The van der Waals surface area contributed by atoms with Crippen LogP contribution < -0.4 is 10.1 Å². The Kier molecular flexibility index (Phi) is 3.84. The van der Waals surface area contributed by atoms with E-state index in [1.165, 1.54) is 24.2 Å². The maximum absolute atomic E-state index is 6.49. The Labute approximate surface area is 127 Å². The van der Waals surface area contributed by atoms with Crippen LogP contribution in [0.3, 0.4) is 0 Å². The van der Waals surface area contributed by atoms with Gasteiger partial charge in [0.1, 0.15) is 11.4 Å². The molecule has 1 spiro atoms. The molecule has 2 aliphatic rings. The molecule has 19 heavy (non-hydrogen) atoms. The lowest BCUT2D eigenvalue weighted by Crippen LogP contribution is -2.51. The van der Waals surface area contributed by atoms with E-state index in [4.69, 9.17) is 4.74 Å². The van der Waals surface area contributed by atoms with Crippen molar-refractivity contribution >= 4 is 27.7 Å². The molecular formula is C15H20BrNOS. The number of benzene rings is 1. The molecule has 0 aromatic heterocycles. The first-order chi connectivity index (χ1) is 9.14. The monoisotopic (exact) mass is 341 g/mol. The van der Waals surface area contributed by atoms with Gasteiger partial charge < -0.3 is 10.1 Å². The fraction of sp³-hybridized carbons (Fsp3) is 0.600. The molecule has 0 bridgehead atoms. The number of rotatable bonds is 1. The van der Waals surface area contributed by atoms with E-state index in [1.807, 2.05) is 0 Å². The zero-order valence-corrected chi connectivity index (χ0v) is 13.8. The standard InChI is InChI=1S/C15H20BrNOS/c1-10-15(6-3-7-19-10)9-13(17-2)12-5-4-11(16)8-14(12)18-15/h4-5,8,10,13,17H,3,6-7,9H2,1-2H3. The van der Waals surface area contributed by atoms with Crippen molar-refractivity contribution in [3.05, 3.63) is 28.2 Å². The van der Waals surface area contributed by atoms with E-state index in [0.29, 0.717) is 11.3 Å². The molecule has 0 aliphatic carbocycles. The quantitative estimate of drug-likeness (QED) is 0.829. The number of halogens is 1. The molecule has 1 aromatic carbocycles. The molecule has 1 saturated heterocycles. The predicted octanol–water partition coefficient (Wildman–Crippen LogP) is 4.15. The average molecular weight is 342 g/mol. The molecule has 1 N–H and O–H groups in total. The molecule has 3 rings (SSSR count). The van der Waals surface area contributed by atoms with Crippen LogP contribution in [-0.4, -0.2) is 23.7 Å². The molecule has 3 atom stereocenters. The molecule has 0 amide bonds. The van der Waals surface area contributed by atoms with Gasteiger partial charge in [0.05, 0.1) is 0 Å². The van der Waals surface area contributed by atoms with Crippen LogP contribution in [0.1, 0.15) is 37.8 Å². The Balaban J connectivity index is 2.00. The number of hydrogen-bond acceptors (Lipinski definition) is 3. The summed E-state index contributed by atoms with van der Waals surface area (Å²) in [7, 11) is 2.05. The summed E-state index contributed by atoms with van der Waals surface area (Å²) in [6.07, 6.45) is 3.51. The van der Waals surface area contributed by atoms with Crippen LogP contribution in [0.5, 0.6) is 5.75 Å². The second kappa shape index (κ2) is 5.30. The highest BCUT2D eigenvalue weighted by Crippen LogP contribution is 2.48. The van der Waals surface area contributed by atoms with Gasteiger partial charge in [-0.3, -0.25) is 0 Å². The Morgan fingerprint density at radius 3 is 3.05 bits per heavy atom. The van der Waals surface area contributed by atoms with Crippen molar-refractivity contribution < 1.29 is 4.74 Å². The lowest BCUT2D eigenvalue weighted by molar-refractivity contribution is 0.0213. The summed E-state index contributed by atoms with van der Waals surface area (Å²) in [5.41, 5.74) is 1.30. The highest BCUT2D eigenvalue weighted by atomic mass is 79.9. The van der Waals surface area contributed by atoms with Crippen molar-refractivity contribution in [3.8, 4) is 5.75 Å². The zero-order chi connectivity index (χ0) is 13.5. The van der Waals surface area contributed by atoms with E-state index < -0.39 is 0 Å². The van der Waals surface area contributed by atoms with Crippen LogP contribution in [0, 0.1) is 0 Å². The predicted molar refractivity (Wildman–Crippen MR) is 85.1 cm³/mol. The van der Waals surface area contributed by atoms with Crippen molar-refractivity contribution in [2.75, 3.05) is 12.8 Å². The average Bonchev–Trinajstić information content (AvgIpc) is 2.41. The van der Waals surface area contributed by atoms with Crippen molar-refractivity contribution in [2.45, 2.75) is 43.1 Å². The number of thioether (sulfide) groups is 1. The van der Waals surface area contributed by atoms with Crippen LogP contribution in [0.15, 0.2) is 22.7 Å². The first-order valence-corrected chi connectivity index (χ1v) is 8.76. The molecule has 3 unspecified atom stereocenters. The molecule has 1 fully saturated rings. The van der Waals surface area contributed by atoms with Crippen LogP contribution in [0.4, 0.5) is 0 Å². The topological polar surface area (TPSA) is 21.3 Å². The third-order valence-electron chi connectivity index (χ3n) is 4.42. The first kappa shape index (κ1) is 13.8. The highest BCUT2D eigenvalue weighted by molar-refractivity contribution is 9.10. The molecule has 2 nitrogen and oxygen atoms in total. The fourth-order valence-electron chi connectivity index (χ4n) is 3.25. The minimum atomic E-state index is 0.00435. The second-order valence-corrected chi connectivity index (χ2v) is 7.88. The highest BCUT2D eigenvalue weighted by Gasteiger charge is 2.46. The largest absolute Gasteiger partial charge is 0.486 e. The van der Waals surface area contributed by atoms with E-state index in [0.717, 1.165) is 16.6 Å². The van der Waals surface area contributed by atoms with E-state index >= 15 is 0 Å². The Morgan fingerprint density at radius 1 is 1.47 bits per heavy atom.